The number of nitrogens with one attached hydrogen (secondary N) is 1. The molecule has 1 heterocycles. The van der Waals surface area contributed by atoms with Gasteiger partial charge < -0.3 is 9.73 Å². The number of carbonyl (C=O) groups is 1. The van der Waals surface area contributed by atoms with E-state index in [4.69, 9.17) is 4.42 Å². The van der Waals surface area contributed by atoms with Crippen molar-refractivity contribution < 1.29 is 9.21 Å². The van der Waals surface area contributed by atoms with Gasteiger partial charge >= 0.3 is 5.76 Å². The molecule has 0 fully saturated rings. The van der Waals surface area contributed by atoms with Crippen LogP contribution in [0.1, 0.15) is 26.7 Å². The molecule has 0 radical (unpaired) electrons. The van der Waals surface area contributed by atoms with E-state index in [1.807, 2.05) is 6.07 Å². The molecule has 20 heavy (non-hydrogen) atoms. The summed E-state index contributed by atoms with van der Waals surface area (Å²) in [6.45, 7) is 4.86. The topological polar surface area (TPSA) is 64.2 Å². The summed E-state index contributed by atoms with van der Waals surface area (Å²) in [5.74, 6) is -0.175. The normalized spacial score (nSPS) is 11.2. The van der Waals surface area contributed by atoms with Crippen LogP contribution in [0, 0.1) is 5.92 Å². The Balaban J connectivity index is 2.06. The average Bonchev–Trinajstić information content (AvgIpc) is 2.76. The molecule has 5 nitrogen and oxygen atoms in total. The number of para-hydroxylation sites is 2. The molecular weight excluding hydrogens is 256 g/mol. The van der Waals surface area contributed by atoms with Crippen molar-refractivity contribution in [3.63, 3.8) is 0 Å². The van der Waals surface area contributed by atoms with Gasteiger partial charge in [0.15, 0.2) is 5.58 Å². The Hall–Kier alpha value is -2.04. The van der Waals surface area contributed by atoms with Crippen LogP contribution in [-0.2, 0) is 11.3 Å². The van der Waals surface area contributed by atoms with E-state index >= 15 is 0 Å². The zero-order valence-corrected chi connectivity index (χ0v) is 11.9. The second-order valence-electron chi connectivity index (χ2n) is 4.91. The summed E-state index contributed by atoms with van der Waals surface area (Å²) in [6, 6.07) is 7.10. The summed E-state index contributed by atoms with van der Waals surface area (Å²) in [6.07, 6.45) is 2.07. The first kappa shape index (κ1) is 14.4. The quantitative estimate of drug-likeness (QED) is 0.879. The van der Waals surface area contributed by atoms with Crippen molar-refractivity contribution in [2.45, 2.75) is 33.2 Å². The van der Waals surface area contributed by atoms with Gasteiger partial charge in [0.2, 0.25) is 5.91 Å². The first-order valence-corrected chi connectivity index (χ1v) is 7.00. The van der Waals surface area contributed by atoms with E-state index in [0.29, 0.717) is 23.6 Å². The lowest BCUT2D eigenvalue weighted by molar-refractivity contribution is -0.121. The first-order chi connectivity index (χ1) is 9.65. The minimum atomic E-state index is -0.496. The minimum Gasteiger partial charge on any atom is -0.408 e. The van der Waals surface area contributed by atoms with E-state index in [2.05, 4.69) is 19.2 Å². The number of carbonyl (C=O) groups excluding carboxylic acids is 1. The molecule has 0 aliphatic heterocycles. The molecule has 1 aromatic heterocycles. The number of hydrogen-bond donors (Lipinski definition) is 1. The standard InChI is InChI=1S/C15H20N2O3/c1-3-11(4-2)9-16-14(18)10-17-12-7-5-6-8-13(12)20-15(17)19/h5-8,11H,3-4,9-10H2,1-2H3,(H,16,18). The Morgan fingerprint density at radius 1 is 1.30 bits per heavy atom. The van der Waals surface area contributed by atoms with Crippen molar-refractivity contribution in [2.75, 3.05) is 6.54 Å². The summed E-state index contributed by atoms with van der Waals surface area (Å²) >= 11 is 0. The summed E-state index contributed by atoms with van der Waals surface area (Å²) < 4.78 is 6.45. The molecule has 1 amide bonds. The van der Waals surface area contributed by atoms with Crippen LogP contribution in [-0.4, -0.2) is 17.0 Å². The third kappa shape index (κ3) is 3.10. The number of hydrogen-bond acceptors (Lipinski definition) is 3. The molecule has 0 saturated heterocycles. The maximum Gasteiger partial charge on any atom is 0.420 e. The predicted molar refractivity (Wildman–Crippen MR) is 77.6 cm³/mol. The van der Waals surface area contributed by atoms with Gasteiger partial charge in [-0.05, 0) is 18.1 Å². The van der Waals surface area contributed by atoms with E-state index in [-0.39, 0.29) is 12.5 Å². The van der Waals surface area contributed by atoms with Gasteiger partial charge in [-0.1, -0.05) is 38.8 Å². The second-order valence-corrected chi connectivity index (χ2v) is 4.91. The molecule has 0 atom stereocenters. The van der Waals surface area contributed by atoms with E-state index in [1.165, 1.54) is 4.57 Å². The lowest BCUT2D eigenvalue weighted by Gasteiger charge is -2.13. The van der Waals surface area contributed by atoms with Crippen molar-refractivity contribution in [3.8, 4) is 0 Å². The Bertz CT molecular complexity index is 638. The number of rotatable bonds is 6. The smallest absolute Gasteiger partial charge is 0.408 e. The first-order valence-electron chi connectivity index (χ1n) is 7.00. The lowest BCUT2D eigenvalue weighted by Crippen LogP contribution is -2.33. The van der Waals surface area contributed by atoms with E-state index in [0.717, 1.165) is 12.8 Å². The minimum absolute atomic E-state index is 0.00397. The number of aromatic nitrogens is 1. The van der Waals surface area contributed by atoms with Crippen LogP contribution < -0.4 is 11.1 Å². The molecule has 1 N–H and O–H groups in total. The van der Waals surface area contributed by atoms with Gasteiger partial charge in [0, 0.05) is 6.54 Å². The Labute approximate surface area is 117 Å². The number of nitrogens with zero attached hydrogens (tertiary/aromatic N) is 1. The molecule has 0 spiro atoms. The number of fused-ring (bicyclic) bond motifs is 1. The molecule has 5 heteroatoms. The molecule has 2 rings (SSSR count). The molecule has 0 aliphatic carbocycles. The molecule has 108 valence electrons. The highest BCUT2D eigenvalue weighted by Gasteiger charge is 2.13. The maximum absolute atomic E-state index is 11.9. The van der Waals surface area contributed by atoms with E-state index < -0.39 is 5.76 Å². The van der Waals surface area contributed by atoms with Crippen LogP contribution in [0.25, 0.3) is 11.1 Å². The lowest BCUT2D eigenvalue weighted by atomic mass is 10.0. The monoisotopic (exact) mass is 276 g/mol. The zero-order valence-electron chi connectivity index (χ0n) is 11.9. The van der Waals surface area contributed by atoms with Crippen LogP contribution in [0.4, 0.5) is 0 Å². The van der Waals surface area contributed by atoms with Crippen molar-refractivity contribution in [2.24, 2.45) is 5.92 Å². The van der Waals surface area contributed by atoms with Crippen molar-refractivity contribution in [3.05, 3.63) is 34.8 Å². The van der Waals surface area contributed by atoms with E-state index in [1.54, 1.807) is 18.2 Å². The number of amides is 1. The molecule has 2 aromatic rings. The van der Waals surface area contributed by atoms with Gasteiger partial charge in [0.1, 0.15) is 6.54 Å². The highest BCUT2D eigenvalue weighted by atomic mass is 16.4. The highest BCUT2D eigenvalue weighted by molar-refractivity contribution is 5.79. The summed E-state index contributed by atoms with van der Waals surface area (Å²) in [5.41, 5.74) is 1.15. The third-order valence-electron chi connectivity index (χ3n) is 3.62. The Morgan fingerprint density at radius 3 is 2.70 bits per heavy atom. The van der Waals surface area contributed by atoms with Crippen molar-refractivity contribution in [1.82, 2.24) is 9.88 Å². The Kier molecular flexibility index (Phi) is 4.61. The Morgan fingerprint density at radius 2 is 2.00 bits per heavy atom. The summed E-state index contributed by atoms with van der Waals surface area (Å²) in [7, 11) is 0. The fourth-order valence-electron chi connectivity index (χ4n) is 2.20. The highest BCUT2D eigenvalue weighted by Crippen LogP contribution is 2.11. The molecule has 0 aliphatic rings. The molecule has 0 unspecified atom stereocenters. The fourth-order valence-corrected chi connectivity index (χ4v) is 2.20. The van der Waals surface area contributed by atoms with Crippen molar-refractivity contribution in [1.29, 1.82) is 0 Å². The van der Waals surface area contributed by atoms with Crippen LogP contribution in [0.3, 0.4) is 0 Å². The van der Waals surface area contributed by atoms with Gasteiger partial charge in [0.05, 0.1) is 5.52 Å². The molecule has 1 aromatic carbocycles. The van der Waals surface area contributed by atoms with Crippen molar-refractivity contribution >= 4 is 17.0 Å². The predicted octanol–water partition coefficient (Wildman–Crippen LogP) is 2.15. The van der Waals surface area contributed by atoms with Crippen LogP contribution >= 0.6 is 0 Å². The van der Waals surface area contributed by atoms with Crippen LogP contribution in [0.2, 0.25) is 0 Å². The third-order valence-corrected chi connectivity index (χ3v) is 3.62. The average molecular weight is 276 g/mol. The second kappa shape index (κ2) is 6.41. The van der Waals surface area contributed by atoms with Gasteiger partial charge in [0.25, 0.3) is 0 Å². The SMILES string of the molecule is CCC(CC)CNC(=O)Cn1c(=O)oc2ccccc21. The van der Waals surface area contributed by atoms with Gasteiger partial charge in [-0.25, -0.2) is 4.79 Å². The van der Waals surface area contributed by atoms with E-state index in [9.17, 15) is 9.59 Å². The maximum atomic E-state index is 11.9. The van der Waals surface area contributed by atoms with Gasteiger partial charge in [-0.3, -0.25) is 9.36 Å². The summed E-state index contributed by atoms with van der Waals surface area (Å²) in [5, 5.41) is 2.87. The van der Waals surface area contributed by atoms with Gasteiger partial charge in [-0.15, -0.1) is 0 Å². The largest absolute Gasteiger partial charge is 0.420 e. The van der Waals surface area contributed by atoms with Gasteiger partial charge in [-0.2, -0.15) is 0 Å². The zero-order chi connectivity index (χ0) is 14.5. The van der Waals surface area contributed by atoms with Crippen LogP contribution in [0.5, 0.6) is 0 Å². The fraction of sp³-hybridized carbons (Fsp3) is 0.467. The number of oxazole rings is 1. The molecular formula is C15H20N2O3. The molecule has 0 saturated carbocycles. The molecule has 0 bridgehead atoms. The number of benzene rings is 1. The van der Waals surface area contributed by atoms with Crippen LogP contribution in [0.15, 0.2) is 33.5 Å². The summed E-state index contributed by atoms with van der Waals surface area (Å²) in [4.78, 5) is 23.7.